The first kappa shape index (κ1) is 27.9. The average molecular weight is 482 g/mol. The number of primary amides is 1. The van der Waals surface area contributed by atoms with E-state index in [0.29, 0.717) is 5.56 Å². The van der Waals surface area contributed by atoms with Crippen LogP contribution < -0.4 is 27.4 Å². The molecule has 0 saturated heterocycles. The molecule has 0 heterocycles. The third-order valence-electron chi connectivity index (χ3n) is 4.72. The van der Waals surface area contributed by atoms with Crippen molar-refractivity contribution in [3.63, 3.8) is 0 Å². The van der Waals surface area contributed by atoms with E-state index in [0.717, 1.165) is 0 Å². The minimum absolute atomic E-state index is 0.00155. The second-order valence-corrected chi connectivity index (χ2v) is 8.21. The largest absolute Gasteiger partial charge is 0.480 e. The Bertz CT molecular complexity index is 851. The van der Waals surface area contributed by atoms with E-state index in [2.05, 4.69) is 28.6 Å². The predicted octanol–water partition coefficient (Wildman–Crippen LogP) is -1.44. The van der Waals surface area contributed by atoms with Gasteiger partial charge in [-0.3, -0.25) is 19.2 Å². The van der Waals surface area contributed by atoms with Gasteiger partial charge in [-0.2, -0.15) is 12.6 Å². The molecular formula is C21H31N5O6S. The molecule has 0 aliphatic carbocycles. The molecule has 0 radical (unpaired) electrons. The predicted molar refractivity (Wildman–Crippen MR) is 124 cm³/mol. The monoisotopic (exact) mass is 481 g/mol. The second-order valence-electron chi connectivity index (χ2n) is 7.84. The van der Waals surface area contributed by atoms with Crippen molar-refractivity contribution >= 4 is 42.2 Å². The Morgan fingerprint density at radius 2 is 1.48 bits per heavy atom. The van der Waals surface area contributed by atoms with E-state index >= 15 is 0 Å². The maximum absolute atomic E-state index is 12.9. The number of nitrogens with two attached hydrogens (primary N) is 2. The van der Waals surface area contributed by atoms with Crippen LogP contribution in [0.1, 0.15) is 25.8 Å². The molecule has 11 nitrogen and oxygen atoms in total. The summed E-state index contributed by atoms with van der Waals surface area (Å²) in [5.74, 6) is -4.79. The van der Waals surface area contributed by atoms with Gasteiger partial charge in [0.2, 0.25) is 23.6 Å². The van der Waals surface area contributed by atoms with Gasteiger partial charge < -0.3 is 32.5 Å². The number of carbonyl (C=O) groups is 5. The van der Waals surface area contributed by atoms with Crippen molar-refractivity contribution in [1.82, 2.24) is 16.0 Å². The van der Waals surface area contributed by atoms with Gasteiger partial charge >= 0.3 is 5.97 Å². The highest BCUT2D eigenvalue weighted by Crippen LogP contribution is 2.07. The van der Waals surface area contributed by atoms with Gasteiger partial charge in [0.05, 0.1) is 12.5 Å². The van der Waals surface area contributed by atoms with Crippen LogP contribution in [0.4, 0.5) is 0 Å². The van der Waals surface area contributed by atoms with Crippen LogP contribution in [0.5, 0.6) is 0 Å². The van der Waals surface area contributed by atoms with Gasteiger partial charge in [0, 0.05) is 12.2 Å². The van der Waals surface area contributed by atoms with Crippen LogP contribution in [0.3, 0.4) is 0 Å². The zero-order chi connectivity index (χ0) is 25.1. The molecule has 0 fully saturated rings. The maximum atomic E-state index is 12.9. The number of carboxylic acid groups (broad SMARTS) is 1. The molecule has 1 aromatic rings. The van der Waals surface area contributed by atoms with E-state index in [1.807, 2.05) is 0 Å². The number of hydrogen-bond acceptors (Lipinski definition) is 7. The second kappa shape index (κ2) is 13.4. The summed E-state index contributed by atoms with van der Waals surface area (Å²) >= 11 is 3.92. The molecule has 0 aliphatic rings. The normalized spacial score (nSPS) is 14.5. The Balaban J connectivity index is 3.12. The summed E-state index contributed by atoms with van der Waals surface area (Å²) in [5, 5.41) is 16.6. The number of carboxylic acids is 1. The lowest BCUT2D eigenvalue weighted by atomic mass is 10.0. The number of rotatable bonds is 13. The van der Waals surface area contributed by atoms with E-state index in [1.165, 1.54) is 0 Å². The molecule has 0 aromatic heterocycles. The first-order valence-corrected chi connectivity index (χ1v) is 10.9. The summed E-state index contributed by atoms with van der Waals surface area (Å²) in [6.07, 6.45) is -0.490. The summed E-state index contributed by atoms with van der Waals surface area (Å²) < 4.78 is 0. The van der Waals surface area contributed by atoms with E-state index in [1.54, 1.807) is 44.2 Å². The summed E-state index contributed by atoms with van der Waals surface area (Å²) in [4.78, 5) is 60.9. The van der Waals surface area contributed by atoms with Crippen molar-refractivity contribution in [2.45, 2.75) is 50.9 Å². The third-order valence-corrected chi connectivity index (χ3v) is 5.11. The molecule has 0 saturated carbocycles. The first-order chi connectivity index (χ1) is 15.5. The molecule has 1 rings (SSSR count). The van der Waals surface area contributed by atoms with Crippen LogP contribution in [-0.2, 0) is 30.4 Å². The van der Waals surface area contributed by atoms with Crippen molar-refractivity contribution in [1.29, 1.82) is 0 Å². The van der Waals surface area contributed by atoms with Gasteiger partial charge in [-0.15, -0.1) is 0 Å². The zero-order valence-electron chi connectivity index (χ0n) is 18.5. The Hall–Kier alpha value is -3.12. The van der Waals surface area contributed by atoms with Crippen LogP contribution in [0, 0.1) is 5.92 Å². The maximum Gasteiger partial charge on any atom is 0.326 e. The van der Waals surface area contributed by atoms with Crippen molar-refractivity contribution in [3.05, 3.63) is 35.9 Å². The molecule has 12 heteroatoms. The summed E-state index contributed by atoms with van der Waals surface area (Å²) in [6.45, 7) is 3.26. The van der Waals surface area contributed by atoms with Gasteiger partial charge in [0.25, 0.3) is 0 Å². The molecule has 4 unspecified atom stereocenters. The molecule has 4 amide bonds. The minimum Gasteiger partial charge on any atom is -0.480 e. The summed E-state index contributed by atoms with van der Waals surface area (Å²) in [7, 11) is 0. The first-order valence-electron chi connectivity index (χ1n) is 10.3. The quantitative estimate of drug-likeness (QED) is 0.168. The molecule has 0 bridgehead atoms. The lowest BCUT2D eigenvalue weighted by Gasteiger charge is -2.25. The van der Waals surface area contributed by atoms with Gasteiger partial charge in [-0.05, 0) is 11.5 Å². The van der Waals surface area contributed by atoms with Crippen molar-refractivity contribution in [2.75, 3.05) is 5.75 Å². The highest BCUT2D eigenvalue weighted by Gasteiger charge is 2.32. The SMILES string of the molecule is CC(C)C(NC(=O)C(Cc1ccccc1)NC(=O)C(CC(N)=O)NC(=O)C(N)CS)C(=O)O. The molecule has 0 aliphatic heterocycles. The highest BCUT2D eigenvalue weighted by atomic mass is 32.1. The number of aliphatic carboxylic acids is 1. The fraction of sp³-hybridized carbons (Fsp3) is 0.476. The van der Waals surface area contributed by atoms with E-state index in [9.17, 15) is 29.1 Å². The minimum atomic E-state index is -1.38. The highest BCUT2D eigenvalue weighted by molar-refractivity contribution is 7.80. The van der Waals surface area contributed by atoms with Crippen molar-refractivity contribution in [2.24, 2.45) is 17.4 Å². The number of amides is 4. The molecule has 33 heavy (non-hydrogen) atoms. The van der Waals surface area contributed by atoms with Gasteiger partial charge in [0.15, 0.2) is 0 Å². The fourth-order valence-corrected chi connectivity index (χ4v) is 3.04. The number of carbonyl (C=O) groups excluding carboxylic acids is 4. The van der Waals surface area contributed by atoms with Crippen LogP contribution in [-0.4, -0.2) is 64.6 Å². The number of nitrogens with one attached hydrogen (secondary N) is 3. The van der Waals surface area contributed by atoms with Crippen LogP contribution in [0.25, 0.3) is 0 Å². The Labute approximate surface area is 197 Å². The van der Waals surface area contributed by atoms with Gasteiger partial charge in [-0.25, -0.2) is 4.79 Å². The average Bonchev–Trinajstić information content (AvgIpc) is 2.75. The zero-order valence-corrected chi connectivity index (χ0v) is 19.4. The number of hydrogen-bond donors (Lipinski definition) is 7. The number of thiol groups is 1. The Morgan fingerprint density at radius 1 is 0.939 bits per heavy atom. The molecular weight excluding hydrogens is 450 g/mol. The fourth-order valence-electron chi connectivity index (χ4n) is 2.87. The van der Waals surface area contributed by atoms with Gasteiger partial charge in [-0.1, -0.05) is 44.2 Å². The van der Waals surface area contributed by atoms with E-state index < -0.39 is 66.1 Å². The van der Waals surface area contributed by atoms with E-state index in [4.69, 9.17) is 11.5 Å². The Morgan fingerprint density at radius 3 is 1.97 bits per heavy atom. The van der Waals surface area contributed by atoms with Crippen LogP contribution in [0.15, 0.2) is 30.3 Å². The van der Waals surface area contributed by atoms with Crippen molar-refractivity contribution < 1.29 is 29.1 Å². The molecule has 8 N–H and O–H groups in total. The van der Waals surface area contributed by atoms with Crippen LogP contribution in [0.2, 0.25) is 0 Å². The van der Waals surface area contributed by atoms with Crippen molar-refractivity contribution in [3.8, 4) is 0 Å². The lowest BCUT2D eigenvalue weighted by Crippen LogP contribution is -2.58. The topological polar surface area (TPSA) is 194 Å². The smallest absolute Gasteiger partial charge is 0.326 e. The lowest BCUT2D eigenvalue weighted by molar-refractivity contribution is -0.143. The van der Waals surface area contributed by atoms with E-state index in [-0.39, 0.29) is 12.2 Å². The standard InChI is InChI=1S/C21H31N5O6S/c1-11(2)17(21(31)32)26-20(30)14(8-12-6-4-3-5-7-12)25-19(29)15(9-16(23)27)24-18(28)13(22)10-33/h3-7,11,13-15,17,33H,8-10,22H2,1-2H3,(H2,23,27)(H,24,28)(H,25,29)(H,26,30)(H,31,32). The molecule has 4 atom stereocenters. The summed E-state index contributed by atoms with van der Waals surface area (Å²) in [5.41, 5.74) is 11.5. The molecule has 182 valence electrons. The third kappa shape index (κ3) is 9.49. The summed E-state index contributed by atoms with van der Waals surface area (Å²) in [6, 6.07) is 3.96. The molecule has 0 spiro atoms. The Kier molecular flexibility index (Phi) is 11.4. The number of benzene rings is 1. The van der Waals surface area contributed by atoms with Crippen LogP contribution >= 0.6 is 12.6 Å². The molecule has 1 aromatic carbocycles. The van der Waals surface area contributed by atoms with Gasteiger partial charge in [0.1, 0.15) is 18.1 Å².